The molecule has 0 aliphatic heterocycles. The van der Waals surface area contributed by atoms with E-state index in [0.29, 0.717) is 0 Å². The quantitative estimate of drug-likeness (QED) is 0.577. The van der Waals surface area contributed by atoms with Crippen LogP contribution in [0.15, 0.2) is 12.2 Å². The third kappa shape index (κ3) is 25.4. The number of hydrogen-bond acceptors (Lipinski definition) is 2. The molecule has 0 aromatic heterocycles. The second kappa shape index (κ2) is 11.5. The topological polar surface area (TPSA) is 40.5 Å². The molecule has 0 fully saturated rings. The fourth-order valence-electron chi connectivity index (χ4n) is 0.236. The van der Waals surface area contributed by atoms with Gasteiger partial charge in [0.15, 0.2) is 0 Å². The van der Waals surface area contributed by atoms with Crippen LogP contribution in [-0.4, -0.2) is 22.9 Å². The predicted octanol–water partition coefficient (Wildman–Crippen LogP) is 1.33. The summed E-state index contributed by atoms with van der Waals surface area (Å²) in [6.07, 6.45) is 4.78. The zero-order chi connectivity index (χ0) is 8.41. The monoisotopic (exact) mass is 146 g/mol. The lowest BCUT2D eigenvalue weighted by Gasteiger charge is -1.90. The van der Waals surface area contributed by atoms with Crippen molar-refractivity contribution in [3.05, 3.63) is 12.2 Å². The third-order valence-corrected chi connectivity index (χ3v) is 0.736. The minimum absolute atomic E-state index is 0.139. The first-order valence-electron chi connectivity index (χ1n) is 3.59. The van der Waals surface area contributed by atoms with E-state index in [-0.39, 0.29) is 6.61 Å². The fraction of sp³-hybridized carbons (Fsp3) is 0.750. The zero-order valence-corrected chi connectivity index (χ0v) is 7.04. The first kappa shape index (κ1) is 12.3. The van der Waals surface area contributed by atoms with Crippen molar-refractivity contribution < 1.29 is 10.2 Å². The van der Waals surface area contributed by atoms with Crippen LogP contribution in [0.4, 0.5) is 0 Å². The molecule has 0 spiro atoms. The van der Waals surface area contributed by atoms with Crippen LogP contribution in [0.1, 0.15) is 27.2 Å². The van der Waals surface area contributed by atoms with E-state index in [4.69, 9.17) is 10.2 Å². The van der Waals surface area contributed by atoms with Crippen molar-refractivity contribution in [3.63, 3.8) is 0 Å². The van der Waals surface area contributed by atoms with Crippen molar-refractivity contribution in [2.75, 3.05) is 6.61 Å². The summed E-state index contributed by atoms with van der Waals surface area (Å²) < 4.78 is 0. The van der Waals surface area contributed by atoms with Gasteiger partial charge in [0.1, 0.15) is 0 Å². The summed E-state index contributed by atoms with van der Waals surface area (Å²) in [5.74, 6) is 0. The Balaban J connectivity index is 0. The summed E-state index contributed by atoms with van der Waals surface area (Å²) in [5, 5.41) is 16.0. The number of rotatable bonds is 2. The summed E-state index contributed by atoms with van der Waals surface area (Å²) in [5.41, 5.74) is 0. The van der Waals surface area contributed by atoms with E-state index in [1.54, 1.807) is 0 Å². The number of aliphatic hydroxyl groups excluding tert-OH is 2. The van der Waals surface area contributed by atoms with Gasteiger partial charge < -0.3 is 10.2 Å². The molecular formula is C8H18O2. The average Bonchev–Trinajstić information content (AvgIpc) is 1.91. The highest BCUT2D eigenvalue weighted by molar-refractivity contribution is 4.73. The molecule has 0 saturated heterocycles. The minimum atomic E-state index is -0.560. The maximum atomic E-state index is 8.11. The minimum Gasteiger partial charge on any atom is -0.394 e. The van der Waals surface area contributed by atoms with Crippen molar-refractivity contribution in [3.8, 4) is 0 Å². The van der Waals surface area contributed by atoms with Gasteiger partial charge in [0.2, 0.25) is 0 Å². The molecule has 0 aliphatic carbocycles. The van der Waals surface area contributed by atoms with Gasteiger partial charge >= 0.3 is 0 Å². The van der Waals surface area contributed by atoms with Gasteiger partial charge in [-0.3, -0.25) is 0 Å². The second-order valence-electron chi connectivity index (χ2n) is 2.01. The van der Waals surface area contributed by atoms with Crippen LogP contribution < -0.4 is 0 Å². The standard InChI is InChI=1S/C5H10.C3H8O2/c1-3-5-4-2;1-3(5)2-4/h3,5H,4H2,1-2H3;3-5H,2H2,1H3. The second-order valence-corrected chi connectivity index (χ2v) is 2.01. The van der Waals surface area contributed by atoms with Crippen molar-refractivity contribution in [1.29, 1.82) is 0 Å². The summed E-state index contributed by atoms with van der Waals surface area (Å²) in [4.78, 5) is 0. The maximum absolute atomic E-state index is 8.11. The molecule has 2 heteroatoms. The average molecular weight is 146 g/mol. The van der Waals surface area contributed by atoms with E-state index >= 15 is 0 Å². The molecule has 0 saturated carbocycles. The summed E-state index contributed by atoms with van der Waals surface area (Å²) in [6.45, 7) is 5.55. The summed E-state index contributed by atoms with van der Waals surface area (Å²) in [7, 11) is 0. The maximum Gasteiger partial charge on any atom is 0.0742 e. The van der Waals surface area contributed by atoms with Crippen LogP contribution in [0, 0.1) is 0 Å². The first-order chi connectivity index (χ1) is 4.68. The Morgan fingerprint density at radius 1 is 1.50 bits per heavy atom. The van der Waals surface area contributed by atoms with E-state index in [1.165, 1.54) is 6.92 Å². The summed E-state index contributed by atoms with van der Waals surface area (Å²) >= 11 is 0. The molecular weight excluding hydrogens is 128 g/mol. The van der Waals surface area contributed by atoms with Gasteiger partial charge in [-0.15, -0.1) is 0 Å². The Labute approximate surface area is 63.2 Å². The molecule has 0 aromatic carbocycles. The van der Waals surface area contributed by atoms with E-state index in [1.807, 2.05) is 6.92 Å². The Kier molecular flexibility index (Phi) is 14.1. The fourth-order valence-corrected chi connectivity index (χ4v) is 0.236. The lowest BCUT2D eigenvalue weighted by atomic mass is 10.4. The highest BCUT2D eigenvalue weighted by Crippen LogP contribution is 1.73. The van der Waals surface area contributed by atoms with Crippen molar-refractivity contribution in [2.45, 2.75) is 33.3 Å². The molecule has 0 heterocycles. The molecule has 2 N–H and O–H groups in total. The molecule has 1 unspecified atom stereocenters. The molecule has 1 atom stereocenters. The van der Waals surface area contributed by atoms with Crippen LogP contribution in [0.25, 0.3) is 0 Å². The predicted molar refractivity (Wildman–Crippen MR) is 43.9 cm³/mol. The molecule has 10 heavy (non-hydrogen) atoms. The Hall–Kier alpha value is -0.340. The van der Waals surface area contributed by atoms with Crippen LogP contribution in [-0.2, 0) is 0 Å². The van der Waals surface area contributed by atoms with Crippen LogP contribution in [0.2, 0.25) is 0 Å². The first-order valence-corrected chi connectivity index (χ1v) is 3.59. The lowest BCUT2D eigenvalue weighted by molar-refractivity contribution is 0.110. The van der Waals surface area contributed by atoms with Crippen LogP contribution in [0.5, 0.6) is 0 Å². The Morgan fingerprint density at radius 2 is 1.90 bits per heavy atom. The van der Waals surface area contributed by atoms with Gasteiger partial charge in [-0.1, -0.05) is 19.1 Å². The smallest absolute Gasteiger partial charge is 0.0742 e. The van der Waals surface area contributed by atoms with Gasteiger partial charge in [0.25, 0.3) is 0 Å². The normalized spacial score (nSPS) is 12.5. The molecule has 62 valence electrons. The Bertz CT molecular complexity index is 67.7. The Morgan fingerprint density at radius 3 is 1.90 bits per heavy atom. The van der Waals surface area contributed by atoms with Crippen molar-refractivity contribution in [2.24, 2.45) is 0 Å². The van der Waals surface area contributed by atoms with Crippen molar-refractivity contribution in [1.82, 2.24) is 0 Å². The molecule has 2 nitrogen and oxygen atoms in total. The van der Waals surface area contributed by atoms with Crippen molar-refractivity contribution >= 4 is 0 Å². The van der Waals surface area contributed by atoms with Gasteiger partial charge in [-0.2, -0.15) is 0 Å². The SMILES string of the molecule is CC(O)CO.CC=CCC. The molecule has 0 amide bonds. The van der Waals surface area contributed by atoms with Gasteiger partial charge in [-0.25, -0.2) is 0 Å². The van der Waals surface area contributed by atoms with Gasteiger partial charge in [-0.05, 0) is 20.3 Å². The number of allylic oxidation sites excluding steroid dienone is 2. The number of aliphatic hydroxyl groups is 2. The summed E-state index contributed by atoms with van der Waals surface area (Å²) in [6, 6.07) is 0. The third-order valence-electron chi connectivity index (χ3n) is 0.736. The van der Waals surface area contributed by atoms with E-state index in [9.17, 15) is 0 Å². The lowest BCUT2D eigenvalue weighted by Crippen LogP contribution is -2.03. The van der Waals surface area contributed by atoms with Crippen LogP contribution in [0.3, 0.4) is 0 Å². The van der Waals surface area contributed by atoms with Gasteiger partial charge in [0.05, 0.1) is 12.7 Å². The van der Waals surface area contributed by atoms with E-state index < -0.39 is 6.10 Å². The molecule has 0 aliphatic rings. The highest BCUT2D eigenvalue weighted by atomic mass is 16.3. The largest absolute Gasteiger partial charge is 0.394 e. The van der Waals surface area contributed by atoms with E-state index in [0.717, 1.165) is 6.42 Å². The van der Waals surface area contributed by atoms with E-state index in [2.05, 4.69) is 19.1 Å². The van der Waals surface area contributed by atoms with Crippen LogP contribution >= 0.6 is 0 Å². The number of hydrogen-bond donors (Lipinski definition) is 2. The zero-order valence-electron chi connectivity index (χ0n) is 7.04. The molecule has 0 rings (SSSR count). The van der Waals surface area contributed by atoms with Gasteiger partial charge in [0, 0.05) is 0 Å². The molecule has 0 radical (unpaired) electrons. The molecule has 0 bridgehead atoms. The highest BCUT2D eigenvalue weighted by Gasteiger charge is 1.83. The molecule has 0 aromatic rings.